The summed E-state index contributed by atoms with van der Waals surface area (Å²) in [4.78, 5) is 16.4. The van der Waals surface area contributed by atoms with Crippen LogP contribution in [0.5, 0.6) is 0 Å². The molecule has 2 heterocycles. The number of H-pyrrole nitrogens is 1. The molecule has 0 saturated heterocycles. The molecule has 7 heteroatoms. The highest BCUT2D eigenvalue weighted by Crippen LogP contribution is 2.22. The van der Waals surface area contributed by atoms with Crippen LogP contribution in [0, 0.1) is 25.5 Å². The van der Waals surface area contributed by atoms with Crippen molar-refractivity contribution in [1.82, 2.24) is 15.2 Å². The number of carbonyl (C=O) groups is 1. The summed E-state index contributed by atoms with van der Waals surface area (Å²) in [6.07, 6.45) is 0. The maximum absolute atomic E-state index is 13.3. The Bertz CT molecular complexity index is 900. The van der Waals surface area contributed by atoms with Gasteiger partial charge >= 0.3 is 0 Å². The van der Waals surface area contributed by atoms with Crippen molar-refractivity contribution in [3.63, 3.8) is 0 Å². The Hall–Kier alpha value is -3.09. The van der Waals surface area contributed by atoms with Crippen molar-refractivity contribution in [2.45, 2.75) is 13.8 Å². The number of nitrogens with one attached hydrogen (secondary N) is 2. The number of carbonyl (C=O) groups excluding carboxylic acids is 1. The van der Waals surface area contributed by atoms with E-state index in [-0.39, 0.29) is 11.5 Å². The third kappa shape index (κ3) is 3.29. The van der Waals surface area contributed by atoms with Crippen LogP contribution in [0.4, 0.5) is 14.6 Å². The van der Waals surface area contributed by atoms with Crippen LogP contribution in [0.25, 0.3) is 11.3 Å². The average Bonchev–Trinajstić information content (AvgIpc) is 2.97. The number of anilines is 1. The van der Waals surface area contributed by atoms with Gasteiger partial charge in [0.05, 0.1) is 5.69 Å². The summed E-state index contributed by atoms with van der Waals surface area (Å²) < 4.78 is 26.5. The highest BCUT2D eigenvalue weighted by Gasteiger charge is 2.12. The monoisotopic (exact) mass is 328 g/mol. The van der Waals surface area contributed by atoms with Crippen LogP contribution in [-0.2, 0) is 0 Å². The Morgan fingerprint density at radius 3 is 2.46 bits per heavy atom. The molecule has 2 aromatic heterocycles. The first-order chi connectivity index (χ1) is 11.4. The van der Waals surface area contributed by atoms with E-state index < -0.39 is 17.5 Å². The van der Waals surface area contributed by atoms with E-state index in [1.165, 1.54) is 18.2 Å². The van der Waals surface area contributed by atoms with E-state index in [0.717, 1.165) is 17.3 Å². The molecule has 0 bridgehead atoms. The van der Waals surface area contributed by atoms with E-state index in [2.05, 4.69) is 20.5 Å². The van der Waals surface area contributed by atoms with Crippen LogP contribution in [0.3, 0.4) is 0 Å². The van der Waals surface area contributed by atoms with Gasteiger partial charge in [-0.25, -0.2) is 13.8 Å². The quantitative estimate of drug-likeness (QED) is 0.771. The molecule has 0 aliphatic rings. The van der Waals surface area contributed by atoms with Crippen molar-refractivity contribution in [2.24, 2.45) is 0 Å². The molecule has 24 heavy (non-hydrogen) atoms. The Kier molecular flexibility index (Phi) is 4.07. The summed E-state index contributed by atoms with van der Waals surface area (Å²) in [5, 5.41) is 9.16. The van der Waals surface area contributed by atoms with E-state index in [4.69, 9.17) is 0 Å². The highest BCUT2D eigenvalue weighted by molar-refractivity contribution is 6.02. The molecule has 0 fully saturated rings. The normalized spacial score (nSPS) is 10.7. The Morgan fingerprint density at radius 2 is 1.79 bits per heavy atom. The van der Waals surface area contributed by atoms with Gasteiger partial charge in [0, 0.05) is 23.4 Å². The fourth-order valence-corrected chi connectivity index (χ4v) is 2.18. The number of aromatic nitrogens is 3. The molecule has 1 aromatic carbocycles. The summed E-state index contributed by atoms with van der Waals surface area (Å²) in [5.41, 5.74) is 2.70. The van der Waals surface area contributed by atoms with E-state index >= 15 is 0 Å². The number of nitrogens with zero attached hydrogens (tertiary/aromatic N) is 2. The fourth-order valence-electron chi connectivity index (χ4n) is 2.18. The van der Waals surface area contributed by atoms with E-state index in [1.807, 2.05) is 19.9 Å². The molecule has 0 aliphatic carbocycles. The minimum absolute atomic E-state index is 0.236. The lowest BCUT2D eigenvalue weighted by atomic mass is 10.1. The standard InChI is InChI=1S/C17H14F2N4O/c1-9-3-4-14(20-10(9)2)17(24)21-16-8-15(22-23-16)11-5-12(18)7-13(19)6-11/h3-8H,1-2H3,(H2,21,22,23,24). The molecule has 1 amide bonds. The maximum atomic E-state index is 13.3. The Labute approximate surface area is 136 Å². The van der Waals surface area contributed by atoms with Crippen molar-refractivity contribution in [2.75, 3.05) is 5.32 Å². The lowest BCUT2D eigenvalue weighted by Gasteiger charge is -2.04. The predicted octanol–water partition coefficient (Wildman–Crippen LogP) is 3.62. The molecule has 5 nitrogen and oxygen atoms in total. The van der Waals surface area contributed by atoms with Gasteiger partial charge in [-0.15, -0.1) is 0 Å². The van der Waals surface area contributed by atoms with Crippen LogP contribution in [0.2, 0.25) is 0 Å². The number of pyridine rings is 1. The molecule has 2 N–H and O–H groups in total. The van der Waals surface area contributed by atoms with Gasteiger partial charge in [0.25, 0.3) is 5.91 Å². The lowest BCUT2D eigenvalue weighted by Crippen LogP contribution is -2.14. The fraction of sp³-hybridized carbons (Fsp3) is 0.118. The lowest BCUT2D eigenvalue weighted by molar-refractivity contribution is 0.102. The molecule has 122 valence electrons. The molecule has 0 aliphatic heterocycles. The summed E-state index contributed by atoms with van der Waals surface area (Å²) in [5.74, 6) is -1.56. The first kappa shape index (κ1) is 15.8. The molecular weight excluding hydrogens is 314 g/mol. The van der Waals surface area contributed by atoms with Crippen molar-refractivity contribution >= 4 is 11.7 Å². The smallest absolute Gasteiger partial charge is 0.275 e. The van der Waals surface area contributed by atoms with Crippen molar-refractivity contribution in [1.29, 1.82) is 0 Å². The predicted molar refractivity (Wildman–Crippen MR) is 85.6 cm³/mol. The third-order valence-corrected chi connectivity index (χ3v) is 3.58. The maximum Gasteiger partial charge on any atom is 0.275 e. The zero-order valence-corrected chi connectivity index (χ0v) is 13.0. The van der Waals surface area contributed by atoms with Crippen molar-refractivity contribution in [3.05, 3.63) is 65.0 Å². The summed E-state index contributed by atoms with van der Waals surface area (Å²) >= 11 is 0. The van der Waals surface area contributed by atoms with Gasteiger partial charge in [-0.2, -0.15) is 5.10 Å². The third-order valence-electron chi connectivity index (χ3n) is 3.58. The second kappa shape index (κ2) is 6.19. The van der Waals surface area contributed by atoms with Crippen molar-refractivity contribution in [3.8, 4) is 11.3 Å². The molecule has 3 aromatic rings. The number of aromatic amines is 1. The second-order valence-electron chi connectivity index (χ2n) is 5.38. The first-order valence-corrected chi connectivity index (χ1v) is 7.20. The van der Waals surface area contributed by atoms with Gasteiger partial charge in [0.15, 0.2) is 5.82 Å². The largest absolute Gasteiger partial charge is 0.304 e. The number of amides is 1. The number of benzene rings is 1. The number of aryl methyl sites for hydroxylation is 2. The highest BCUT2D eigenvalue weighted by atomic mass is 19.1. The zero-order valence-electron chi connectivity index (χ0n) is 13.0. The minimum Gasteiger partial charge on any atom is -0.304 e. The van der Waals surface area contributed by atoms with Crippen LogP contribution >= 0.6 is 0 Å². The zero-order chi connectivity index (χ0) is 17.3. The van der Waals surface area contributed by atoms with Gasteiger partial charge in [-0.1, -0.05) is 6.07 Å². The molecule has 0 unspecified atom stereocenters. The number of hydrogen-bond donors (Lipinski definition) is 2. The van der Waals surface area contributed by atoms with Crippen LogP contribution in [0.1, 0.15) is 21.7 Å². The van der Waals surface area contributed by atoms with Gasteiger partial charge in [0.1, 0.15) is 17.3 Å². The van der Waals surface area contributed by atoms with Gasteiger partial charge in [-0.3, -0.25) is 9.89 Å². The SMILES string of the molecule is Cc1ccc(C(=O)Nc2cc(-c3cc(F)cc(F)c3)[nH]n2)nc1C. The molecular formula is C17H14F2N4O. The Morgan fingerprint density at radius 1 is 1.08 bits per heavy atom. The molecule has 0 saturated carbocycles. The summed E-state index contributed by atoms with van der Waals surface area (Å²) in [7, 11) is 0. The van der Waals surface area contributed by atoms with E-state index in [9.17, 15) is 13.6 Å². The van der Waals surface area contributed by atoms with Crippen LogP contribution < -0.4 is 5.32 Å². The topological polar surface area (TPSA) is 70.7 Å². The molecule has 0 atom stereocenters. The first-order valence-electron chi connectivity index (χ1n) is 7.20. The Balaban J connectivity index is 1.80. The molecule has 0 radical (unpaired) electrons. The van der Waals surface area contributed by atoms with E-state index in [1.54, 1.807) is 6.07 Å². The summed E-state index contributed by atoms with van der Waals surface area (Å²) in [6, 6.07) is 8.05. The van der Waals surface area contributed by atoms with Crippen molar-refractivity contribution < 1.29 is 13.6 Å². The van der Waals surface area contributed by atoms with Gasteiger partial charge < -0.3 is 5.32 Å². The number of halogens is 2. The van der Waals surface area contributed by atoms with Gasteiger partial charge in [-0.05, 0) is 37.6 Å². The minimum atomic E-state index is -0.690. The molecule has 3 rings (SSSR count). The summed E-state index contributed by atoms with van der Waals surface area (Å²) in [6.45, 7) is 3.72. The van der Waals surface area contributed by atoms with Crippen LogP contribution in [0.15, 0.2) is 36.4 Å². The van der Waals surface area contributed by atoms with Gasteiger partial charge in [0.2, 0.25) is 0 Å². The number of rotatable bonds is 3. The van der Waals surface area contributed by atoms with Crippen LogP contribution in [-0.4, -0.2) is 21.1 Å². The second-order valence-corrected chi connectivity index (χ2v) is 5.38. The number of hydrogen-bond acceptors (Lipinski definition) is 3. The molecule has 0 spiro atoms. The average molecular weight is 328 g/mol. The van der Waals surface area contributed by atoms with E-state index in [0.29, 0.717) is 11.3 Å².